The van der Waals surface area contributed by atoms with E-state index in [-0.39, 0.29) is 11.9 Å². The van der Waals surface area contributed by atoms with Gasteiger partial charge in [0.05, 0.1) is 6.04 Å². The fourth-order valence-electron chi connectivity index (χ4n) is 2.91. The summed E-state index contributed by atoms with van der Waals surface area (Å²) in [6.45, 7) is 6.46. The molecule has 2 aromatic rings. The highest BCUT2D eigenvalue weighted by atomic mass is 19.1. The first kappa shape index (κ1) is 15.7. The standard InChI is InChI=1S/C19H24FN/c1-4-13-10-14(5-2)18(15(6-3)11-13)19(21)16-8-7-9-17(20)12-16/h7-12,19H,4-6,21H2,1-3H3. The van der Waals surface area contributed by atoms with Crippen LogP contribution >= 0.6 is 0 Å². The van der Waals surface area contributed by atoms with Crippen LogP contribution in [0.15, 0.2) is 36.4 Å². The second-order valence-electron chi connectivity index (χ2n) is 5.42. The predicted octanol–water partition coefficient (Wildman–Crippen LogP) is 4.56. The van der Waals surface area contributed by atoms with Crippen molar-refractivity contribution in [3.05, 3.63) is 70.0 Å². The summed E-state index contributed by atoms with van der Waals surface area (Å²) in [7, 11) is 0. The topological polar surface area (TPSA) is 26.0 Å². The van der Waals surface area contributed by atoms with Crippen molar-refractivity contribution in [1.29, 1.82) is 0 Å². The second-order valence-corrected chi connectivity index (χ2v) is 5.42. The molecular weight excluding hydrogens is 261 g/mol. The van der Waals surface area contributed by atoms with Crippen LogP contribution in [0.2, 0.25) is 0 Å². The van der Waals surface area contributed by atoms with E-state index in [9.17, 15) is 4.39 Å². The minimum absolute atomic E-state index is 0.232. The Bertz CT molecular complexity index is 594. The van der Waals surface area contributed by atoms with Gasteiger partial charge in [0, 0.05) is 0 Å². The Labute approximate surface area is 127 Å². The molecule has 0 heterocycles. The molecule has 2 N–H and O–H groups in total. The summed E-state index contributed by atoms with van der Waals surface area (Å²) in [5.74, 6) is -0.232. The maximum atomic E-state index is 13.5. The molecule has 0 saturated heterocycles. The molecule has 0 aromatic heterocycles. The predicted molar refractivity (Wildman–Crippen MR) is 87.0 cm³/mol. The first-order valence-corrected chi connectivity index (χ1v) is 7.76. The molecule has 0 amide bonds. The molecule has 21 heavy (non-hydrogen) atoms. The highest BCUT2D eigenvalue weighted by Crippen LogP contribution is 2.29. The first-order chi connectivity index (χ1) is 10.1. The van der Waals surface area contributed by atoms with E-state index < -0.39 is 0 Å². The summed E-state index contributed by atoms with van der Waals surface area (Å²) in [6, 6.07) is 10.8. The molecule has 2 aromatic carbocycles. The van der Waals surface area contributed by atoms with Crippen LogP contribution in [0, 0.1) is 5.82 Å². The van der Waals surface area contributed by atoms with Crippen molar-refractivity contribution in [3.8, 4) is 0 Å². The number of hydrogen-bond donors (Lipinski definition) is 1. The number of benzene rings is 2. The molecule has 1 atom stereocenters. The Morgan fingerprint density at radius 3 is 2.05 bits per heavy atom. The van der Waals surface area contributed by atoms with Gasteiger partial charge >= 0.3 is 0 Å². The molecule has 1 unspecified atom stereocenters. The Kier molecular flexibility index (Phi) is 5.13. The van der Waals surface area contributed by atoms with Crippen LogP contribution in [-0.2, 0) is 19.3 Å². The SMILES string of the molecule is CCc1cc(CC)c(C(N)c2cccc(F)c2)c(CC)c1. The third kappa shape index (κ3) is 3.33. The lowest BCUT2D eigenvalue weighted by Gasteiger charge is -2.21. The highest BCUT2D eigenvalue weighted by Gasteiger charge is 2.17. The molecule has 2 rings (SSSR count). The van der Waals surface area contributed by atoms with E-state index in [1.807, 2.05) is 6.07 Å². The Hall–Kier alpha value is -1.67. The van der Waals surface area contributed by atoms with Gasteiger partial charge in [0.1, 0.15) is 5.82 Å². The van der Waals surface area contributed by atoms with Gasteiger partial charge in [0.25, 0.3) is 0 Å². The molecule has 0 aliphatic carbocycles. The van der Waals surface area contributed by atoms with Crippen LogP contribution in [0.4, 0.5) is 4.39 Å². The van der Waals surface area contributed by atoms with Crippen molar-refractivity contribution in [3.63, 3.8) is 0 Å². The minimum Gasteiger partial charge on any atom is -0.320 e. The Morgan fingerprint density at radius 2 is 1.57 bits per heavy atom. The van der Waals surface area contributed by atoms with Crippen molar-refractivity contribution in [2.24, 2.45) is 5.73 Å². The van der Waals surface area contributed by atoms with E-state index in [1.54, 1.807) is 6.07 Å². The lowest BCUT2D eigenvalue weighted by atomic mass is 9.87. The summed E-state index contributed by atoms with van der Waals surface area (Å²) >= 11 is 0. The van der Waals surface area contributed by atoms with E-state index in [2.05, 4.69) is 32.9 Å². The van der Waals surface area contributed by atoms with E-state index >= 15 is 0 Å². The fraction of sp³-hybridized carbons (Fsp3) is 0.368. The van der Waals surface area contributed by atoms with E-state index in [0.29, 0.717) is 0 Å². The van der Waals surface area contributed by atoms with E-state index in [1.165, 1.54) is 34.4 Å². The third-order valence-corrected chi connectivity index (χ3v) is 4.10. The van der Waals surface area contributed by atoms with Crippen LogP contribution in [0.1, 0.15) is 54.6 Å². The molecule has 0 spiro atoms. The molecule has 2 heteroatoms. The van der Waals surface area contributed by atoms with Crippen LogP contribution in [0.5, 0.6) is 0 Å². The maximum Gasteiger partial charge on any atom is 0.123 e. The average Bonchev–Trinajstić information content (AvgIpc) is 2.52. The Morgan fingerprint density at radius 1 is 0.952 bits per heavy atom. The number of aryl methyl sites for hydroxylation is 3. The summed E-state index contributed by atoms with van der Waals surface area (Å²) in [6.07, 6.45) is 2.91. The van der Waals surface area contributed by atoms with Gasteiger partial charge < -0.3 is 5.73 Å². The zero-order valence-corrected chi connectivity index (χ0v) is 13.1. The van der Waals surface area contributed by atoms with Gasteiger partial charge in [-0.2, -0.15) is 0 Å². The fourth-order valence-corrected chi connectivity index (χ4v) is 2.91. The Balaban J connectivity index is 2.55. The molecular formula is C19H24FN. The summed E-state index contributed by atoms with van der Waals surface area (Å²) in [4.78, 5) is 0. The molecule has 0 radical (unpaired) electrons. The number of hydrogen-bond acceptors (Lipinski definition) is 1. The number of halogens is 1. The van der Waals surface area contributed by atoms with Crippen molar-refractivity contribution in [2.45, 2.75) is 46.1 Å². The van der Waals surface area contributed by atoms with E-state index in [4.69, 9.17) is 5.73 Å². The number of rotatable bonds is 5. The lowest BCUT2D eigenvalue weighted by Crippen LogP contribution is -2.17. The van der Waals surface area contributed by atoms with Gasteiger partial charge in [-0.25, -0.2) is 4.39 Å². The average molecular weight is 285 g/mol. The summed E-state index contributed by atoms with van der Waals surface area (Å²) < 4.78 is 13.5. The molecule has 0 bridgehead atoms. The first-order valence-electron chi connectivity index (χ1n) is 7.76. The quantitative estimate of drug-likeness (QED) is 0.856. The van der Waals surface area contributed by atoms with Crippen LogP contribution in [-0.4, -0.2) is 0 Å². The van der Waals surface area contributed by atoms with Gasteiger partial charge in [0.2, 0.25) is 0 Å². The van der Waals surface area contributed by atoms with Gasteiger partial charge in [0.15, 0.2) is 0 Å². The minimum atomic E-state index is -0.267. The van der Waals surface area contributed by atoms with E-state index in [0.717, 1.165) is 24.8 Å². The summed E-state index contributed by atoms with van der Waals surface area (Å²) in [5.41, 5.74) is 12.4. The molecule has 112 valence electrons. The van der Waals surface area contributed by atoms with Crippen molar-refractivity contribution < 1.29 is 4.39 Å². The van der Waals surface area contributed by atoms with Gasteiger partial charge in [-0.15, -0.1) is 0 Å². The van der Waals surface area contributed by atoms with Crippen LogP contribution in [0.25, 0.3) is 0 Å². The normalized spacial score (nSPS) is 12.4. The second kappa shape index (κ2) is 6.86. The largest absolute Gasteiger partial charge is 0.320 e. The molecule has 0 saturated carbocycles. The highest BCUT2D eigenvalue weighted by molar-refractivity contribution is 5.45. The molecule has 0 fully saturated rings. The zero-order valence-electron chi connectivity index (χ0n) is 13.1. The third-order valence-electron chi connectivity index (χ3n) is 4.10. The van der Waals surface area contributed by atoms with Gasteiger partial charge in [-0.3, -0.25) is 0 Å². The van der Waals surface area contributed by atoms with Crippen LogP contribution < -0.4 is 5.73 Å². The monoisotopic (exact) mass is 285 g/mol. The number of nitrogens with two attached hydrogens (primary N) is 1. The van der Waals surface area contributed by atoms with Crippen molar-refractivity contribution >= 4 is 0 Å². The summed E-state index contributed by atoms with van der Waals surface area (Å²) in [5, 5.41) is 0. The smallest absolute Gasteiger partial charge is 0.123 e. The van der Waals surface area contributed by atoms with Crippen LogP contribution in [0.3, 0.4) is 0 Å². The maximum absolute atomic E-state index is 13.5. The van der Waals surface area contributed by atoms with Gasteiger partial charge in [-0.05, 0) is 59.2 Å². The van der Waals surface area contributed by atoms with Crippen molar-refractivity contribution in [1.82, 2.24) is 0 Å². The van der Waals surface area contributed by atoms with Gasteiger partial charge in [-0.1, -0.05) is 45.0 Å². The lowest BCUT2D eigenvalue weighted by molar-refractivity contribution is 0.623. The van der Waals surface area contributed by atoms with Crippen molar-refractivity contribution in [2.75, 3.05) is 0 Å². The molecule has 0 aliphatic heterocycles. The molecule has 1 nitrogen and oxygen atoms in total. The molecule has 0 aliphatic rings. The zero-order chi connectivity index (χ0) is 15.4.